The van der Waals surface area contributed by atoms with Gasteiger partial charge in [0.25, 0.3) is 0 Å². The van der Waals surface area contributed by atoms with E-state index in [0.717, 1.165) is 0 Å². The Morgan fingerprint density at radius 3 is 2.23 bits per heavy atom. The number of Topliss-reactive ketones (excluding diaryl/α,β-unsaturated/α-hetero) is 1. The van der Waals surface area contributed by atoms with E-state index in [1.807, 2.05) is 0 Å². The van der Waals surface area contributed by atoms with Gasteiger partial charge in [0.1, 0.15) is 6.54 Å². The van der Waals surface area contributed by atoms with Gasteiger partial charge in [0.05, 0.1) is 18.6 Å². The topological polar surface area (TPSA) is 51.2 Å². The molecule has 4 nitrogen and oxygen atoms in total. The van der Waals surface area contributed by atoms with Crippen LogP contribution in [0.1, 0.15) is 13.3 Å². The van der Waals surface area contributed by atoms with Crippen molar-refractivity contribution >= 4 is 17.6 Å². The van der Waals surface area contributed by atoms with E-state index >= 15 is 0 Å². The standard InChI is InChI=1S/C9H10NO3/c1-6(11)7-4-5-10(7)8(12)2-3-9(10)13/h2-3,7H,4-5H2,1H3/q+1. The first-order valence-electron chi connectivity index (χ1n) is 4.24. The summed E-state index contributed by atoms with van der Waals surface area (Å²) in [6, 6.07) is -0.421. The van der Waals surface area contributed by atoms with Crippen LogP contribution in [0.25, 0.3) is 0 Å². The second-order valence-electron chi connectivity index (χ2n) is 3.52. The summed E-state index contributed by atoms with van der Waals surface area (Å²) in [7, 11) is 0. The number of amides is 2. The molecule has 13 heavy (non-hydrogen) atoms. The van der Waals surface area contributed by atoms with Crippen molar-refractivity contribution < 1.29 is 18.9 Å². The summed E-state index contributed by atoms with van der Waals surface area (Å²) in [5, 5.41) is 0. The largest absolute Gasteiger partial charge is 0.347 e. The molecule has 0 aromatic rings. The third kappa shape index (κ3) is 0.808. The fourth-order valence-corrected chi connectivity index (χ4v) is 2.07. The van der Waals surface area contributed by atoms with Gasteiger partial charge < -0.3 is 0 Å². The van der Waals surface area contributed by atoms with Crippen molar-refractivity contribution in [1.29, 1.82) is 0 Å². The number of carbonyl (C=O) groups is 3. The van der Waals surface area contributed by atoms with Crippen LogP contribution in [0.4, 0.5) is 0 Å². The maximum Gasteiger partial charge on any atom is 0.347 e. The number of hydrogen-bond acceptors (Lipinski definition) is 3. The smallest absolute Gasteiger partial charge is 0.293 e. The molecule has 2 amide bonds. The van der Waals surface area contributed by atoms with Crippen LogP contribution < -0.4 is 0 Å². The molecule has 1 saturated heterocycles. The highest BCUT2D eigenvalue weighted by Crippen LogP contribution is 2.33. The van der Waals surface area contributed by atoms with Crippen LogP contribution in [0, 0.1) is 0 Å². The summed E-state index contributed by atoms with van der Waals surface area (Å²) in [4.78, 5) is 34.0. The van der Waals surface area contributed by atoms with Gasteiger partial charge in [-0.15, -0.1) is 0 Å². The number of carbonyl (C=O) groups excluding carboxylic acids is 3. The Bertz CT molecular complexity index is 325. The molecule has 2 heterocycles. The molecule has 68 valence electrons. The molecule has 1 unspecified atom stereocenters. The summed E-state index contributed by atoms with van der Waals surface area (Å²) in [5.74, 6) is -0.551. The van der Waals surface area contributed by atoms with E-state index < -0.39 is 6.04 Å². The number of rotatable bonds is 1. The molecular formula is C9H10NO3+. The van der Waals surface area contributed by atoms with E-state index in [1.54, 1.807) is 0 Å². The number of quaternary nitrogens is 1. The van der Waals surface area contributed by atoms with Gasteiger partial charge >= 0.3 is 11.8 Å². The first-order valence-corrected chi connectivity index (χ1v) is 4.24. The number of ketones is 1. The van der Waals surface area contributed by atoms with E-state index in [1.165, 1.54) is 19.1 Å². The molecule has 0 aromatic carbocycles. The molecule has 1 atom stereocenters. The van der Waals surface area contributed by atoms with E-state index in [4.69, 9.17) is 0 Å². The molecule has 0 bridgehead atoms. The monoisotopic (exact) mass is 180 g/mol. The zero-order valence-corrected chi connectivity index (χ0v) is 7.32. The van der Waals surface area contributed by atoms with Crippen molar-refractivity contribution in [2.24, 2.45) is 0 Å². The van der Waals surface area contributed by atoms with E-state index in [0.29, 0.717) is 13.0 Å². The van der Waals surface area contributed by atoms with Gasteiger partial charge in [-0.25, -0.2) is 9.59 Å². The molecule has 0 saturated carbocycles. The first kappa shape index (κ1) is 8.31. The molecule has 2 aliphatic heterocycles. The van der Waals surface area contributed by atoms with Crippen LogP contribution in [0.15, 0.2) is 12.2 Å². The minimum Gasteiger partial charge on any atom is -0.293 e. The summed E-state index contributed by atoms with van der Waals surface area (Å²) in [6.45, 7) is 1.91. The Morgan fingerprint density at radius 1 is 1.38 bits per heavy atom. The lowest BCUT2D eigenvalue weighted by Crippen LogP contribution is -2.70. The van der Waals surface area contributed by atoms with E-state index in [9.17, 15) is 14.4 Å². The minimum absolute atomic E-state index is 0.0725. The number of imide groups is 1. The van der Waals surface area contributed by atoms with Crippen LogP contribution in [0.5, 0.6) is 0 Å². The zero-order valence-electron chi connectivity index (χ0n) is 7.32. The third-order valence-corrected chi connectivity index (χ3v) is 2.91. The Balaban J connectivity index is 2.37. The lowest BCUT2D eigenvalue weighted by molar-refractivity contribution is -0.832. The lowest BCUT2D eigenvalue weighted by atomic mass is 9.94. The Labute approximate surface area is 75.4 Å². The van der Waals surface area contributed by atoms with Crippen molar-refractivity contribution in [2.45, 2.75) is 19.4 Å². The first-order chi connectivity index (χ1) is 6.09. The van der Waals surface area contributed by atoms with E-state index in [2.05, 4.69) is 0 Å². The molecule has 0 aliphatic carbocycles. The highest BCUT2D eigenvalue weighted by atomic mass is 16.2. The predicted octanol–water partition coefficient (Wildman–Crippen LogP) is -0.213. The number of hydrogen-bond donors (Lipinski definition) is 0. The molecule has 1 spiro atoms. The molecule has 0 radical (unpaired) electrons. The van der Waals surface area contributed by atoms with Crippen molar-refractivity contribution in [2.75, 3.05) is 6.54 Å². The average molecular weight is 180 g/mol. The summed E-state index contributed by atoms with van der Waals surface area (Å²) in [6.07, 6.45) is 3.20. The molecular weight excluding hydrogens is 170 g/mol. The van der Waals surface area contributed by atoms with E-state index in [-0.39, 0.29) is 22.1 Å². The molecule has 0 aromatic heterocycles. The van der Waals surface area contributed by atoms with Gasteiger partial charge in [0.2, 0.25) is 0 Å². The van der Waals surface area contributed by atoms with Crippen molar-refractivity contribution in [1.82, 2.24) is 0 Å². The summed E-state index contributed by atoms with van der Waals surface area (Å²) in [5.41, 5.74) is 0. The highest BCUT2D eigenvalue weighted by molar-refractivity contribution is 6.06. The average Bonchev–Trinajstić information content (AvgIpc) is 2.26. The van der Waals surface area contributed by atoms with Crippen LogP contribution in [0.3, 0.4) is 0 Å². The normalized spacial score (nSPS) is 29.5. The maximum absolute atomic E-state index is 11.4. The minimum atomic E-state index is -0.421. The van der Waals surface area contributed by atoms with Gasteiger partial charge in [0, 0.05) is 6.92 Å². The number of nitrogens with zero attached hydrogens (tertiary/aromatic N) is 1. The SMILES string of the molecule is CC(=O)C1CC[N+]12C(=O)C=CC2=O. The quantitative estimate of drug-likeness (QED) is 0.414. The van der Waals surface area contributed by atoms with Gasteiger partial charge in [-0.2, -0.15) is 4.48 Å². The summed E-state index contributed by atoms with van der Waals surface area (Å²) >= 11 is 0. The Hall–Kier alpha value is -1.29. The summed E-state index contributed by atoms with van der Waals surface area (Å²) < 4.78 is -0.269. The molecule has 1 fully saturated rings. The molecule has 0 N–H and O–H groups in total. The molecule has 2 aliphatic rings. The molecule has 2 rings (SSSR count). The van der Waals surface area contributed by atoms with Crippen LogP contribution in [-0.2, 0) is 14.4 Å². The van der Waals surface area contributed by atoms with Crippen molar-refractivity contribution in [3.63, 3.8) is 0 Å². The van der Waals surface area contributed by atoms with Crippen molar-refractivity contribution in [3.05, 3.63) is 12.2 Å². The fourth-order valence-electron chi connectivity index (χ4n) is 2.07. The lowest BCUT2D eigenvalue weighted by Gasteiger charge is -2.43. The zero-order chi connectivity index (χ0) is 9.64. The molecule has 4 heteroatoms. The second-order valence-corrected chi connectivity index (χ2v) is 3.52. The Kier molecular flexibility index (Phi) is 1.51. The second kappa shape index (κ2) is 2.35. The van der Waals surface area contributed by atoms with Gasteiger partial charge in [0.15, 0.2) is 11.8 Å². The van der Waals surface area contributed by atoms with Gasteiger partial charge in [-0.3, -0.25) is 4.79 Å². The highest BCUT2D eigenvalue weighted by Gasteiger charge is 2.60. The van der Waals surface area contributed by atoms with Gasteiger partial charge in [-0.05, 0) is 0 Å². The van der Waals surface area contributed by atoms with Crippen molar-refractivity contribution in [3.8, 4) is 0 Å². The van der Waals surface area contributed by atoms with Crippen LogP contribution in [0.2, 0.25) is 0 Å². The maximum atomic E-state index is 11.4. The Morgan fingerprint density at radius 2 is 1.92 bits per heavy atom. The predicted molar refractivity (Wildman–Crippen MR) is 43.4 cm³/mol. The fraction of sp³-hybridized carbons (Fsp3) is 0.444. The van der Waals surface area contributed by atoms with Gasteiger partial charge in [-0.1, -0.05) is 0 Å². The van der Waals surface area contributed by atoms with Crippen LogP contribution in [-0.4, -0.2) is 34.7 Å². The third-order valence-electron chi connectivity index (χ3n) is 2.91. The van der Waals surface area contributed by atoms with Crippen LogP contribution >= 0.6 is 0 Å².